The second-order valence-corrected chi connectivity index (χ2v) is 8.05. The highest BCUT2D eigenvalue weighted by molar-refractivity contribution is 5.75. The summed E-state index contributed by atoms with van der Waals surface area (Å²) in [7, 11) is 2.14. The average Bonchev–Trinajstić information content (AvgIpc) is 2.98. The fourth-order valence-corrected chi connectivity index (χ4v) is 3.69. The maximum atomic E-state index is 6.05. The number of allylic oxidation sites excluding steroid dienone is 6. The Morgan fingerprint density at radius 1 is 1.10 bits per heavy atom. The molecule has 1 aliphatic heterocycles. The van der Waals surface area contributed by atoms with E-state index >= 15 is 0 Å². The van der Waals surface area contributed by atoms with Gasteiger partial charge in [0.25, 0.3) is 0 Å². The predicted molar refractivity (Wildman–Crippen MR) is 127 cm³/mol. The fraction of sp³-hybridized carbons (Fsp3) is 0.308. The summed E-state index contributed by atoms with van der Waals surface area (Å²) in [5.41, 5.74) is 5.09. The third kappa shape index (κ3) is 6.15. The minimum absolute atomic E-state index is 0.603. The Bertz CT molecular complexity index is 1040. The van der Waals surface area contributed by atoms with Gasteiger partial charge in [-0.25, -0.2) is 9.97 Å². The Labute approximate surface area is 184 Å². The van der Waals surface area contributed by atoms with Crippen LogP contribution in [0, 0.1) is 6.92 Å². The third-order valence-electron chi connectivity index (χ3n) is 5.20. The number of benzene rings is 1. The number of hydrogen-bond acceptors (Lipinski definition) is 5. The van der Waals surface area contributed by atoms with Crippen LogP contribution in [0.25, 0.3) is 5.57 Å². The Hall–Kier alpha value is -3.18. The van der Waals surface area contributed by atoms with Crippen molar-refractivity contribution in [3.05, 3.63) is 89.5 Å². The number of likely N-dealkylation sites (N-methyl/N-ethyl adjacent to an activating group) is 1. The van der Waals surface area contributed by atoms with Gasteiger partial charge in [-0.15, -0.1) is 0 Å². The average molecular weight is 415 g/mol. The molecule has 31 heavy (non-hydrogen) atoms. The van der Waals surface area contributed by atoms with Crippen LogP contribution in [0.15, 0.2) is 72.5 Å². The third-order valence-corrected chi connectivity index (χ3v) is 5.20. The number of ether oxygens (including phenoxy) is 1. The zero-order valence-corrected chi connectivity index (χ0v) is 18.3. The summed E-state index contributed by atoms with van der Waals surface area (Å²) in [6, 6.07) is 10.5. The second-order valence-electron chi connectivity index (χ2n) is 8.05. The van der Waals surface area contributed by atoms with Gasteiger partial charge in [0.15, 0.2) is 0 Å². The van der Waals surface area contributed by atoms with E-state index < -0.39 is 0 Å². The maximum absolute atomic E-state index is 6.05. The molecule has 2 heterocycles. The number of fused-ring (bicyclic) bond motifs is 6. The Balaban J connectivity index is 1.68. The van der Waals surface area contributed by atoms with E-state index in [4.69, 9.17) is 9.72 Å². The molecule has 0 amide bonds. The first-order chi connectivity index (χ1) is 15.2. The zero-order valence-electron chi connectivity index (χ0n) is 18.3. The largest absolute Gasteiger partial charge is 0.494 e. The quantitative estimate of drug-likeness (QED) is 0.573. The van der Waals surface area contributed by atoms with Gasteiger partial charge >= 0.3 is 0 Å². The van der Waals surface area contributed by atoms with Crippen molar-refractivity contribution in [3.63, 3.8) is 0 Å². The van der Waals surface area contributed by atoms with E-state index in [2.05, 4.69) is 83.0 Å². The summed E-state index contributed by atoms with van der Waals surface area (Å²) in [6.45, 7) is 4.51. The summed E-state index contributed by atoms with van der Waals surface area (Å²) < 4.78 is 6.05. The van der Waals surface area contributed by atoms with Gasteiger partial charge in [0.1, 0.15) is 5.76 Å². The minimum atomic E-state index is 0.603. The van der Waals surface area contributed by atoms with Crippen molar-refractivity contribution in [2.24, 2.45) is 0 Å². The predicted octanol–water partition coefficient (Wildman–Crippen LogP) is 5.55. The molecule has 160 valence electrons. The molecular weight excluding hydrogens is 384 g/mol. The Morgan fingerprint density at radius 3 is 2.97 bits per heavy atom. The van der Waals surface area contributed by atoms with Gasteiger partial charge in [-0.05, 0) is 69.1 Å². The molecule has 0 unspecified atom stereocenters. The molecule has 0 saturated carbocycles. The molecule has 2 aliphatic rings. The number of nitrogens with zero attached hydrogens (tertiary/aromatic N) is 3. The summed E-state index contributed by atoms with van der Waals surface area (Å²) >= 11 is 0. The monoisotopic (exact) mass is 414 g/mol. The van der Waals surface area contributed by atoms with E-state index in [1.807, 2.05) is 13.0 Å². The number of rotatable bonds is 0. The first kappa shape index (κ1) is 21.1. The molecule has 5 heteroatoms. The number of aromatic nitrogens is 2. The molecule has 0 saturated heterocycles. The Morgan fingerprint density at radius 2 is 2.03 bits per heavy atom. The molecule has 0 radical (unpaired) electrons. The van der Waals surface area contributed by atoms with Crippen LogP contribution in [0.1, 0.15) is 36.2 Å². The molecule has 1 N–H and O–H groups in total. The van der Waals surface area contributed by atoms with Crippen LogP contribution < -0.4 is 5.32 Å². The summed E-state index contributed by atoms with van der Waals surface area (Å²) in [5, 5.41) is 3.39. The molecule has 1 aliphatic carbocycles. The molecule has 0 spiro atoms. The van der Waals surface area contributed by atoms with Crippen molar-refractivity contribution < 1.29 is 4.74 Å². The number of hydrogen-bond donors (Lipinski definition) is 1. The second kappa shape index (κ2) is 10.2. The summed E-state index contributed by atoms with van der Waals surface area (Å²) in [6.07, 6.45) is 15.8. The van der Waals surface area contributed by atoms with Gasteiger partial charge in [-0.2, -0.15) is 0 Å². The van der Waals surface area contributed by atoms with Gasteiger partial charge in [-0.3, -0.25) is 4.90 Å². The van der Waals surface area contributed by atoms with Crippen LogP contribution >= 0.6 is 0 Å². The van der Waals surface area contributed by atoms with Crippen LogP contribution in [0.4, 0.5) is 11.6 Å². The highest BCUT2D eigenvalue weighted by atomic mass is 16.5. The molecule has 2 aromatic rings. The van der Waals surface area contributed by atoms with E-state index in [0.717, 1.165) is 60.8 Å². The van der Waals surface area contributed by atoms with Gasteiger partial charge in [0.2, 0.25) is 5.95 Å². The molecule has 5 nitrogen and oxygen atoms in total. The number of aryl methyl sites for hydroxylation is 1. The minimum Gasteiger partial charge on any atom is -0.494 e. The van der Waals surface area contributed by atoms with E-state index in [0.29, 0.717) is 12.6 Å². The van der Waals surface area contributed by atoms with E-state index in [9.17, 15) is 0 Å². The fourth-order valence-electron chi connectivity index (χ4n) is 3.69. The molecule has 1 aromatic carbocycles. The smallest absolute Gasteiger partial charge is 0.227 e. The lowest BCUT2D eigenvalue weighted by Gasteiger charge is -2.15. The molecule has 1 aromatic heterocycles. The van der Waals surface area contributed by atoms with E-state index in [-0.39, 0.29) is 0 Å². The highest BCUT2D eigenvalue weighted by Crippen LogP contribution is 2.24. The first-order valence-corrected chi connectivity index (χ1v) is 10.9. The van der Waals surface area contributed by atoms with Crippen molar-refractivity contribution in [1.82, 2.24) is 14.9 Å². The molecule has 6 bridgehead atoms. The van der Waals surface area contributed by atoms with Crippen molar-refractivity contribution in [2.45, 2.75) is 32.7 Å². The van der Waals surface area contributed by atoms with Crippen LogP contribution in [0.2, 0.25) is 0 Å². The molecule has 0 atom stereocenters. The van der Waals surface area contributed by atoms with Crippen LogP contribution in [-0.2, 0) is 11.3 Å². The topological polar surface area (TPSA) is 50.3 Å². The normalized spacial score (nSPS) is 18.8. The van der Waals surface area contributed by atoms with Gasteiger partial charge in [0.05, 0.1) is 12.3 Å². The lowest BCUT2D eigenvalue weighted by Crippen LogP contribution is -2.17. The van der Waals surface area contributed by atoms with E-state index in [1.165, 1.54) is 5.56 Å². The van der Waals surface area contributed by atoms with Gasteiger partial charge in [0, 0.05) is 30.0 Å². The Kier molecular flexibility index (Phi) is 6.95. The SMILES string of the molecule is Cc1cc2nc(n1)Nc1cccc(c1)CN(C)C/C=C/CCCOC1=CCC=CC2=C1. The highest BCUT2D eigenvalue weighted by Gasteiger charge is 2.10. The van der Waals surface area contributed by atoms with Gasteiger partial charge < -0.3 is 10.1 Å². The molecule has 4 rings (SSSR count). The van der Waals surface area contributed by atoms with Crippen molar-refractivity contribution in [1.29, 1.82) is 0 Å². The van der Waals surface area contributed by atoms with Crippen molar-refractivity contribution in [2.75, 3.05) is 25.5 Å². The molecular formula is C26H30N4O. The number of anilines is 2. The first-order valence-electron chi connectivity index (χ1n) is 10.9. The number of nitrogens with one attached hydrogen (secondary N) is 1. The maximum Gasteiger partial charge on any atom is 0.227 e. The summed E-state index contributed by atoms with van der Waals surface area (Å²) in [5.74, 6) is 1.51. The van der Waals surface area contributed by atoms with E-state index in [1.54, 1.807) is 0 Å². The van der Waals surface area contributed by atoms with Gasteiger partial charge in [-0.1, -0.05) is 36.4 Å². The zero-order chi connectivity index (χ0) is 21.5. The van der Waals surface area contributed by atoms with Crippen LogP contribution in [0.5, 0.6) is 0 Å². The van der Waals surface area contributed by atoms with Crippen LogP contribution in [0.3, 0.4) is 0 Å². The lowest BCUT2D eigenvalue weighted by atomic mass is 10.1. The van der Waals surface area contributed by atoms with Crippen LogP contribution in [-0.4, -0.2) is 35.1 Å². The molecule has 0 fully saturated rings. The standard InChI is InChI=1S/C26H30N4O/c1-20-16-25-22-11-5-6-13-24(18-22)31-15-8-4-3-7-14-30(2)19-21-10-9-12-23(17-21)28-26(27-20)29-25/h3,5,7,9-13,16-18H,4,6,8,14-15,19H2,1-2H3,(H,27,28,29)/b7-3+. The summed E-state index contributed by atoms with van der Waals surface area (Å²) in [4.78, 5) is 11.7. The van der Waals surface area contributed by atoms with Crippen molar-refractivity contribution >= 4 is 17.2 Å². The lowest BCUT2D eigenvalue weighted by molar-refractivity contribution is 0.220. The van der Waals surface area contributed by atoms with Crippen molar-refractivity contribution in [3.8, 4) is 0 Å².